The molecule has 1 rings (SSSR count). The van der Waals surface area contributed by atoms with Gasteiger partial charge in [0.15, 0.2) is 0 Å². The van der Waals surface area contributed by atoms with E-state index in [1.54, 1.807) is 7.05 Å². The van der Waals surface area contributed by atoms with E-state index in [2.05, 4.69) is 27.8 Å². The van der Waals surface area contributed by atoms with Crippen LogP contribution in [-0.2, 0) is 0 Å². The van der Waals surface area contributed by atoms with E-state index >= 15 is 0 Å². The Hall–Kier alpha value is -1.17. The molecular formula is C10H18N4OS. The lowest BCUT2D eigenvalue weighted by Crippen LogP contribution is -2.32. The van der Waals surface area contributed by atoms with Crippen LogP contribution in [0.25, 0.3) is 0 Å². The monoisotopic (exact) mass is 242 g/mol. The number of carbonyl (C=O) groups is 1. The second kappa shape index (κ2) is 6.42. The van der Waals surface area contributed by atoms with Crippen molar-refractivity contribution in [3.05, 3.63) is 5.01 Å². The molecule has 0 spiro atoms. The van der Waals surface area contributed by atoms with E-state index in [-0.39, 0.29) is 11.9 Å². The van der Waals surface area contributed by atoms with E-state index in [4.69, 9.17) is 0 Å². The molecule has 0 aromatic carbocycles. The first-order chi connectivity index (χ1) is 7.67. The number of amides is 1. The molecule has 0 bridgehead atoms. The highest BCUT2D eigenvalue weighted by atomic mass is 32.1. The number of rotatable bonds is 6. The lowest BCUT2D eigenvalue weighted by molar-refractivity contribution is 0.0937. The topological polar surface area (TPSA) is 66.9 Å². The number of hydrogen-bond donors (Lipinski definition) is 2. The van der Waals surface area contributed by atoms with Gasteiger partial charge in [0.1, 0.15) is 0 Å². The first-order valence-electron chi connectivity index (χ1n) is 5.49. The number of aromatic nitrogens is 2. The molecule has 0 saturated carbocycles. The molecule has 90 valence electrons. The van der Waals surface area contributed by atoms with Crippen LogP contribution in [0, 0.1) is 0 Å². The lowest BCUT2D eigenvalue weighted by atomic mass is 10.1. The fourth-order valence-corrected chi connectivity index (χ4v) is 1.88. The number of nitrogens with one attached hydrogen (secondary N) is 2. The summed E-state index contributed by atoms with van der Waals surface area (Å²) < 4.78 is 0. The smallest absolute Gasteiger partial charge is 0.282 e. The van der Waals surface area contributed by atoms with Crippen molar-refractivity contribution in [2.24, 2.45) is 0 Å². The fourth-order valence-electron chi connectivity index (χ4n) is 1.28. The van der Waals surface area contributed by atoms with Crippen LogP contribution in [0.5, 0.6) is 0 Å². The number of nitrogens with zero attached hydrogens (tertiary/aromatic N) is 2. The predicted octanol–water partition coefficient (Wildman–Crippen LogP) is 1.89. The van der Waals surface area contributed by atoms with Crippen molar-refractivity contribution in [2.75, 3.05) is 12.4 Å². The third kappa shape index (κ3) is 3.77. The van der Waals surface area contributed by atoms with Gasteiger partial charge in [-0.1, -0.05) is 31.1 Å². The van der Waals surface area contributed by atoms with Crippen LogP contribution in [0.1, 0.15) is 42.9 Å². The van der Waals surface area contributed by atoms with Crippen LogP contribution in [0.4, 0.5) is 5.13 Å². The Bertz CT molecular complexity index is 339. The van der Waals surface area contributed by atoms with Gasteiger partial charge in [0, 0.05) is 13.1 Å². The highest BCUT2D eigenvalue weighted by Crippen LogP contribution is 2.14. The van der Waals surface area contributed by atoms with E-state index in [1.807, 2.05) is 6.92 Å². The molecule has 6 heteroatoms. The minimum Gasteiger partial charge on any atom is -0.363 e. The standard InChI is InChI=1S/C10H18N4OS/c1-4-5-6-7(2)12-8(15)9-13-14-10(11-3)16-9/h7H,4-6H2,1-3H3,(H,11,14)(H,12,15). The maximum absolute atomic E-state index is 11.7. The maximum atomic E-state index is 11.7. The first-order valence-corrected chi connectivity index (χ1v) is 6.31. The van der Waals surface area contributed by atoms with E-state index in [1.165, 1.54) is 11.3 Å². The number of hydrogen-bond acceptors (Lipinski definition) is 5. The molecule has 0 aliphatic rings. The zero-order chi connectivity index (χ0) is 12.0. The Labute approximate surface area is 99.7 Å². The van der Waals surface area contributed by atoms with Gasteiger partial charge in [-0.2, -0.15) is 0 Å². The van der Waals surface area contributed by atoms with Crippen molar-refractivity contribution in [3.8, 4) is 0 Å². The quantitative estimate of drug-likeness (QED) is 0.799. The molecule has 1 aromatic rings. The summed E-state index contributed by atoms with van der Waals surface area (Å²) in [6.07, 6.45) is 3.27. The number of unbranched alkanes of at least 4 members (excludes halogenated alkanes) is 1. The van der Waals surface area contributed by atoms with E-state index in [0.717, 1.165) is 19.3 Å². The highest BCUT2D eigenvalue weighted by Gasteiger charge is 2.14. The minimum absolute atomic E-state index is 0.136. The molecule has 0 saturated heterocycles. The molecule has 5 nitrogen and oxygen atoms in total. The van der Waals surface area contributed by atoms with Gasteiger partial charge >= 0.3 is 0 Å². The number of carbonyl (C=O) groups excluding carboxylic acids is 1. The van der Waals surface area contributed by atoms with Crippen LogP contribution in [-0.4, -0.2) is 29.2 Å². The minimum atomic E-state index is -0.136. The van der Waals surface area contributed by atoms with Crippen LogP contribution < -0.4 is 10.6 Å². The van der Waals surface area contributed by atoms with Crippen LogP contribution in [0.2, 0.25) is 0 Å². The Morgan fingerprint density at radius 1 is 1.50 bits per heavy atom. The average Bonchev–Trinajstić information content (AvgIpc) is 2.74. The van der Waals surface area contributed by atoms with Crippen LogP contribution >= 0.6 is 11.3 Å². The Balaban J connectivity index is 2.45. The van der Waals surface area contributed by atoms with E-state index in [9.17, 15) is 4.79 Å². The normalized spacial score (nSPS) is 12.2. The summed E-state index contributed by atoms with van der Waals surface area (Å²) in [5.41, 5.74) is 0. The molecule has 0 aliphatic heterocycles. The van der Waals surface area contributed by atoms with Crippen molar-refractivity contribution in [3.63, 3.8) is 0 Å². The molecule has 0 aliphatic carbocycles. The predicted molar refractivity (Wildman–Crippen MR) is 65.9 cm³/mol. The largest absolute Gasteiger partial charge is 0.363 e. The van der Waals surface area contributed by atoms with Gasteiger partial charge in [-0.05, 0) is 13.3 Å². The van der Waals surface area contributed by atoms with Crippen molar-refractivity contribution in [1.29, 1.82) is 0 Å². The average molecular weight is 242 g/mol. The van der Waals surface area contributed by atoms with Gasteiger partial charge in [-0.3, -0.25) is 4.79 Å². The summed E-state index contributed by atoms with van der Waals surface area (Å²) in [5.74, 6) is -0.136. The second-order valence-electron chi connectivity index (χ2n) is 3.68. The summed E-state index contributed by atoms with van der Waals surface area (Å²) in [6.45, 7) is 4.14. The van der Waals surface area contributed by atoms with Gasteiger partial charge in [0.2, 0.25) is 10.1 Å². The third-order valence-electron chi connectivity index (χ3n) is 2.20. The Kier molecular flexibility index (Phi) is 5.18. The van der Waals surface area contributed by atoms with Gasteiger partial charge < -0.3 is 10.6 Å². The molecule has 0 fully saturated rings. The summed E-state index contributed by atoms with van der Waals surface area (Å²) in [5, 5.41) is 14.5. The summed E-state index contributed by atoms with van der Waals surface area (Å²) in [6, 6.07) is 0.189. The van der Waals surface area contributed by atoms with Crippen molar-refractivity contribution >= 4 is 22.4 Å². The van der Waals surface area contributed by atoms with Crippen LogP contribution in [0.15, 0.2) is 0 Å². The fraction of sp³-hybridized carbons (Fsp3) is 0.700. The molecular weight excluding hydrogens is 224 g/mol. The van der Waals surface area contributed by atoms with E-state index in [0.29, 0.717) is 10.1 Å². The summed E-state index contributed by atoms with van der Waals surface area (Å²) in [4.78, 5) is 11.7. The van der Waals surface area contributed by atoms with Gasteiger partial charge in [-0.15, -0.1) is 10.2 Å². The molecule has 1 heterocycles. The molecule has 2 N–H and O–H groups in total. The third-order valence-corrected chi connectivity index (χ3v) is 3.14. The van der Waals surface area contributed by atoms with Crippen LogP contribution in [0.3, 0.4) is 0 Å². The SMILES string of the molecule is CCCCC(C)NC(=O)c1nnc(NC)s1. The molecule has 1 aromatic heterocycles. The summed E-state index contributed by atoms with van der Waals surface area (Å²) in [7, 11) is 1.76. The lowest BCUT2D eigenvalue weighted by Gasteiger charge is -2.11. The van der Waals surface area contributed by atoms with Gasteiger partial charge in [0.25, 0.3) is 5.91 Å². The highest BCUT2D eigenvalue weighted by molar-refractivity contribution is 7.17. The molecule has 1 atom stereocenters. The number of anilines is 1. The van der Waals surface area contributed by atoms with Crippen molar-refractivity contribution < 1.29 is 4.79 Å². The zero-order valence-corrected chi connectivity index (χ0v) is 10.7. The molecule has 16 heavy (non-hydrogen) atoms. The molecule has 1 unspecified atom stereocenters. The van der Waals surface area contributed by atoms with Gasteiger partial charge in [0.05, 0.1) is 0 Å². The summed E-state index contributed by atoms with van der Waals surface area (Å²) >= 11 is 1.26. The Morgan fingerprint density at radius 3 is 2.81 bits per heavy atom. The van der Waals surface area contributed by atoms with Crippen molar-refractivity contribution in [2.45, 2.75) is 39.2 Å². The molecule has 1 amide bonds. The first kappa shape index (κ1) is 12.9. The van der Waals surface area contributed by atoms with E-state index < -0.39 is 0 Å². The van der Waals surface area contributed by atoms with Gasteiger partial charge in [-0.25, -0.2) is 0 Å². The molecule has 0 radical (unpaired) electrons. The second-order valence-corrected chi connectivity index (χ2v) is 4.66. The maximum Gasteiger partial charge on any atom is 0.282 e. The van der Waals surface area contributed by atoms with Crippen molar-refractivity contribution in [1.82, 2.24) is 15.5 Å². The Morgan fingerprint density at radius 2 is 2.25 bits per heavy atom. The zero-order valence-electron chi connectivity index (χ0n) is 9.91.